The summed E-state index contributed by atoms with van der Waals surface area (Å²) in [7, 11) is 0. The highest BCUT2D eigenvalue weighted by molar-refractivity contribution is 5.94. The van der Waals surface area contributed by atoms with Crippen molar-refractivity contribution >= 4 is 11.6 Å². The number of nitrogens with zero attached hydrogens (tertiary/aromatic N) is 2. The highest BCUT2D eigenvalue weighted by Crippen LogP contribution is 2.08. The zero-order valence-electron chi connectivity index (χ0n) is 11.9. The van der Waals surface area contributed by atoms with E-state index in [0.29, 0.717) is 12.1 Å². The number of aryl methyl sites for hydroxylation is 1. The van der Waals surface area contributed by atoms with Gasteiger partial charge in [-0.1, -0.05) is 18.2 Å². The fourth-order valence-electron chi connectivity index (χ4n) is 2.25. The van der Waals surface area contributed by atoms with E-state index in [-0.39, 0.29) is 5.91 Å². The summed E-state index contributed by atoms with van der Waals surface area (Å²) in [6.07, 6.45) is 4.73. The van der Waals surface area contributed by atoms with Gasteiger partial charge in [0.05, 0.1) is 5.69 Å². The Morgan fingerprint density at radius 3 is 2.86 bits per heavy atom. The first-order valence-electron chi connectivity index (χ1n) is 7.00. The van der Waals surface area contributed by atoms with Crippen LogP contribution in [0.2, 0.25) is 0 Å². The van der Waals surface area contributed by atoms with Crippen LogP contribution in [0.3, 0.4) is 0 Å². The van der Waals surface area contributed by atoms with Gasteiger partial charge >= 0.3 is 0 Å². The number of rotatable bonds is 4. The largest absolute Gasteiger partial charge is 0.352 e. The van der Waals surface area contributed by atoms with E-state index >= 15 is 0 Å². The van der Waals surface area contributed by atoms with Crippen molar-refractivity contribution in [1.82, 2.24) is 14.7 Å². The predicted octanol–water partition coefficient (Wildman–Crippen LogP) is 2.62. The van der Waals surface area contributed by atoms with Crippen molar-refractivity contribution in [3.8, 4) is 0 Å². The van der Waals surface area contributed by atoms with Crippen molar-refractivity contribution < 1.29 is 4.79 Å². The number of aromatic nitrogens is 2. The quantitative estimate of drug-likeness (QED) is 0.798. The molecule has 2 aromatic heterocycles. The maximum atomic E-state index is 11.9. The van der Waals surface area contributed by atoms with E-state index in [1.54, 1.807) is 0 Å². The van der Waals surface area contributed by atoms with Gasteiger partial charge in [-0.3, -0.25) is 4.79 Å². The average Bonchev–Trinajstić information content (AvgIpc) is 2.89. The highest BCUT2D eigenvalue weighted by Gasteiger charge is 2.05. The Morgan fingerprint density at radius 2 is 2.05 bits per heavy atom. The standard InChI is InChI=1S/C17H17N3O/c1-13-8-10-20-12-15(19-16(20)11-13)7-9-18-17(21)14-5-3-2-4-6-14/h2-6,8,10-12H,7,9H2,1H3,(H,18,21). The molecule has 4 heteroatoms. The second kappa shape index (κ2) is 5.79. The first-order chi connectivity index (χ1) is 10.2. The Balaban J connectivity index is 1.60. The first-order valence-corrected chi connectivity index (χ1v) is 7.00. The molecule has 0 saturated heterocycles. The number of imidazole rings is 1. The molecule has 3 aromatic rings. The van der Waals surface area contributed by atoms with E-state index < -0.39 is 0 Å². The molecule has 1 N–H and O–H groups in total. The molecule has 0 aliphatic carbocycles. The van der Waals surface area contributed by atoms with Crippen LogP contribution in [0.15, 0.2) is 54.9 Å². The number of fused-ring (bicyclic) bond motifs is 1. The molecule has 4 nitrogen and oxygen atoms in total. The molecule has 0 fully saturated rings. The minimum atomic E-state index is -0.0461. The summed E-state index contributed by atoms with van der Waals surface area (Å²) in [4.78, 5) is 16.5. The van der Waals surface area contributed by atoms with Gasteiger partial charge in [0.1, 0.15) is 5.65 Å². The van der Waals surface area contributed by atoms with Crippen LogP contribution in [-0.2, 0) is 6.42 Å². The van der Waals surface area contributed by atoms with Crippen molar-refractivity contribution in [3.63, 3.8) is 0 Å². The number of hydrogen-bond acceptors (Lipinski definition) is 2. The average molecular weight is 279 g/mol. The molecule has 0 aliphatic rings. The van der Waals surface area contributed by atoms with Crippen LogP contribution in [0.5, 0.6) is 0 Å². The normalized spacial score (nSPS) is 10.7. The molecule has 0 atom stereocenters. The van der Waals surface area contributed by atoms with Gasteiger partial charge in [-0.25, -0.2) is 4.98 Å². The maximum absolute atomic E-state index is 11.9. The Hall–Kier alpha value is -2.62. The lowest BCUT2D eigenvalue weighted by Gasteiger charge is -2.03. The van der Waals surface area contributed by atoms with Crippen LogP contribution in [0, 0.1) is 6.92 Å². The Morgan fingerprint density at radius 1 is 1.24 bits per heavy atom. The van der Waals surface area contributed by atoms with Crippen LogP contribution in [0.4, 0.5) is 0 Å². The lowest BCUT2D eigenvalue weighted by atomic mass is 10.2. The monoisotopic (exact) mass is 279 g/mol. The summed E-state index contributed by atoms with van der Waals surface area (Å²) in [5, 5.41) is 2.91. The van der Waals surface area contributed by atoms with Gasteiger partial charge in [0.2, 0.25) is 0 Å². The van der Waals surface area contributed by atoms with Crippen LogP contribution in [-0.4, -0.2) is 21.8 Å². The molecule has 0 unspecified atom stereocenters. The lowest BCUT2D eigenvalue weighted by Crippen LogP contribution is -2.25. The molecule has 0 bridgehead atoms. The van der Waals surface area contributed by atoms with E-state index in [0.717, 1.165) is 17.8 Å². The number of carbonyl (C=O) groups excluding carboxylic acids is 1. The zero-order valence-corrected chi connectivity index (χ0v) is 11.9. The minimum Gasteiger partial charge on any atom is -0.352 e. The second-order valence-electron chi connectivity index (χ2n) is 5.07. The van der Waals surface area contributed by atoms with Gasteiger partial charge in [0, 0.05) is 30.9 Å². The van der Waals surface area contributed by atoms with E-state index in [1.165, 1.54) is 5.56 Å². The van der Waals surface area contributed by atoms with Gasteiger partial charge < -0.3 is 9.72 Å². The van der Waals surface area contributed by atoms with E-state index in [4.69, 9.17) is 0 Å². The van der Waals surface area contributed by atoms with Crippen molar-refractivity contribution in [2.75, 3.05) is 6.54 Å². The number of benzene rings is 1. The van der Waals surface area contributed by atoms with Crippen molar-refractivity contribution in [3.05, 3.63) is 71.7 Å². The predicted molar refractivity (Wildman–Crippen MR) is 82.4 cm³/mol. The SMILES string of the molecule is Cc1ccn2cc(CCNC(=O)c3ccccc3)nc2c1. The molecule has 0 saturated carbocycles. The van der Waals surface area contributed by atoms with Crippen molar-refractivity contribution in [2.24, 2.45) is 0 Å². The van der Waals surface area contributed by atoms with Crippen LogP contribution in [0.25, 0.3) is 5.65 Å². The van der Waals surface area contributed by atoms with E-state index in [9.17, 15) is 4.79 Å². The molecule has 106 valence electrons. The second-order valence-corrected chi connectivity index (χ2v) is 5.07. The molecule has 1 aromatic carbocycles. The Bertz CT molecular complexity index is 762. The lowest BCUT2D eigenvalue weighted by molar-refractivity contribution is 0.0954. The summed E-state index contributed by atoms with van der Waals surface area (Å²) in [5.74, 6) is -0.0461. The summed E-state index contributed by atoms with van der Waals surface area (Å²) in [6, 6.07) is 13.3. The molecule has 1 amide bonds. The van der Waals surface area contributed by atoms with Crippen molar-refractivity contribution in [1.29, 1.82) is 0 Å². The Labute approximate surface area is 123 Å². The number of pyridine rings is 1. The maximum Gasteiger partial charge on any atom is 0.251 e. The van der Waals surface area contributed by atoms with Crippen LogP contribution >= 0.6 is 0 Å². The zero-order chi connectivity index (χ0) is 14.7. The summed E-state index contributed by atoms with van der Waals surface area (Å²) >= 11 is 0. The number of nitrogens with one attached hydrogen (secondary N) is 1. The van der Waals surface area contributed by atoms with Gasteiger partial charge in [0.25, 0.3) is 5.91 Å². The first kappa shape index (κ1) is 13.4. The molecule has 0 radical (unpaired) electrons. The molecule has 0 spiro atoms. The minimum absolute atomic E-state index is 0.0461. The van der Waals surface area contributed by atoms with Crippen LogP contribution < -0.4 is 5.32 Å². The van der Waals surface area contributed by atoms with Crippen LogP contribution in [0.1, 0.15) is 21.6 Å². The van der Waals surface area contributed by atoms with Gasteiger partial charge in [0.15, 0.2) is 0 Å². The fraction of sp³-hybridized carbons (Fsp3) is 0.176. The molecule has 3 rings (SSSR count). The third-order valence-electron chi connectivity index (χ3n) is 3.37. The highest BCUT2D eigenvalue weighted by atomic mass is 16.1. The topological polar surface area (TPSA) is 46.4 Å². The fourth-order valence-corrected chi connectivity index (χ4v) is 2.25. The third kappa shape index (κ3) is 3.11. The summed E-state index contributed by atoms with van der Waals surface area (Å²) < 4.78 is 2.00. The van der Waals surface area contributed by atoms with E-state index in [1.807, 2.05) is 53.2 Å². The van der Waals surface area contributed by atoms with E-state index in [2.05, 4.69) is 23.3 Å². The molecule has 21 heavy (non-hydrogen) atoms. The molecular formula is C17H17N3O. The third-order valence-corrected chi connectivity index (χ3v) is 3.37. The summed E-state index contributed by atoms with van der Waals surface area (Å²) in [6.45, 7) is 2.63. The molecule has 0 aliphatic heterocycles. The van der Waals surface area contributed by atoms with Crippen molar-refractivity contribution in [2.45, 2.75) is 13.3 Å². The smallest absolute Gasteiger partial charge is 0.251 e. The van der Waals surface area contributed by atoms with Gasteiger partial charge in [-0.15, -0.1) is 0 Å². The number of hydrogen-bond donors (Lipinski definition) is 1. The Kier molecular flexibility index (Phi) is 3.69. The number of carbonyl (C=O) groups is 1. The molecule has 2 heterocycles. The van der Waals surface area contributed by atoms with Gasteiger partial charge in [-0.05, 0) is 36.8 Å². The molecular weight excluding hydrogens is 262 g/mol. The summed E-state index contributed by atoms with van der Waals surface area (Å²) in [5.41, 5.74) is 3.80. The van der Waals surface area contributed by atoms with Gasteiger partial charge in [-0.2, -0.15) is 0 Å². The number of amides is 1.